The SMILES string of the molecule is Cc1ccc2oc(=O)c(C(=O)Oc3cccc(I)c3)cc2c1. The Morgan fingerprint density at radius 3 is 2.73 bits per heavy atom. The van der Waals surface area contributed by atoms with Gasteiger partial charge in [0.2, 0.25) is 0 Å². The first-order valence-corrected chi connectivity index (χ1v) is 7.63. The average Bonchev–Trinajstić information content (AvgIpc) is 2.47. The first kappa shape index (κ1) is 14.8. The van der Waals surface area contributed by atoms with Gasteiger partial charge < -0.3 is 9.15 Å². The summed E-state index contributed by atoms with van der Waals surface area (Å²) in [5, 5.41) is 0.689. The molecule has 110 valence electrons. The zero-order valence-electron chi connectivity index (χ0n) is 11.6. The zero-order valence-corrected chi connectivity index (χ0v) is 13.8. The number of benzene rings is 2. The van der Waals surface area contributed by atoms with E-state index in [1.807, 2.05) is 25.1 Å². The van der Waals surface area contributed by atoms with Gasteiger partial charge in [-0.1, -0.05) is 17.7 Å². The first-order chi connectivity index (χ1) is 10.5. The molecule has 4 nitrogen and oxygen atoms in total. The van der Waals surface area contributed by atoms with Crippen LogP contribution >= 0.6 is 22.6 Å². The Morgan fingerprint density at radius 2 is 1.95 bits per heavy atom. The summed E-state index contributed by atoms with van der Waals surface area (Å²) in [7, 11) is 0. The summed E-state index contributed by atoms with van der Waals surface area (Å²) >= 11 is 2.12. The molecule has 0 bridgehead atoms. The normalized spacial score (nSPS) is 10.6. The van der Waals surface area contributed by atoms with Crippen molar-refractivity contribution in [3.8, 4) is 5.75 Å². The van der Waals surface area contributed by atoms with Gasteiger partial charge in [-0.3, -0.25) is 0 Å². The molecule has 1 aromatic heterocycles. The molecule has 0 atom stereocenters. The summed E-state index contributed by atoms with van der Waals surface area (Å²) in [5.41, 5.74) is 0.642. The number of carbonyl (C=O) groups is 1. The van der Waals surface area contributed by atoms with Crippen LogP contribution in [0.25, 0.3) is 11.0 Å². The molecule has 0 fully saturated rings. The molecular formula is C17H11IO4. The van der Waals surface area contributed by atoms with Crippen molar-refractivity contribution >= 4 is 39.5 Å². The van der Waals surface area contributed by atoms with E-state index in [2.05, 4.69) is 22.6 Å². The lowest BCUT2D eigenvalue weighted by atomic mass is 10.1. The topological polar surface area (TPSA) is 56.5 Å². The number of esters is 1. The number of aryl methyl sites for hydroxylation is 1. The Balaban J connectivity index is 2.00. The lowest BCUT2D eigenvalue weighted by Gasteiger charge is -2.05. The van der Waals surface area contributed by atoms with Crippen molar-refractivity contribution in [3.05, 3.63) is 73.6 Å². The van der Waals surface area contributed by atoms with Crippen molar-refractivity contribution < 1.29 is 13.9 Å². The molecule has 0 amide bonds. The molecule has 0 unspecified atom stereocenters. The van der Waals surface area contributed by atoms with E-state index in [0.717, 1.165) is 9.13 Å². The minimum Gasteiger partial charge on any atom is -0.423 e. The van der Waals surface area contributed by atoms with E-state index in [1.165, 1.54) is 6.07 Å². The molecule has 0 aliphatic rings. The lowest BCUT2D eigenvalue weighted by Crippen LogP contribution is -2.18. The van der Waals surface area contributed by atoms with Gasteiger partial charge in [0.05, 0.1) is 0 Å². The number of rotatable bonds is 2. The third-order valence-electron chi connectivity index (χ3n) is 3.11. The predicted molar refractivity (Wildman–Crippen MR) is 91.3 cm³/mol. The molecule has 3 aromatic rings. The molecule has 5 heteroatoms. The standard InChI is InChI=1S/C17H11IO4/c1-10-5-6-15-11(7-10)8-14(17(20)22-15)16(19)21-13-4-2-3-12(18)9-13/h2-9H,1H3. The average molecular weight is 406 g/mol. The molecule has 0 aliphatic carbocycles. The highest BCUT2D eigenvalue weighted by Gasteiger charge is 2.16. The van der Waals surface area contributed by atoms with E-state index < -0.39 is 11.6 Å². The monoisotopic (exact) mass is 406 g/mol. The molecule has 0 spiro atoms. The van der Waals surface area contributed by atoms with E-state index in [1.54, 1.807) is 24.3 Å². The quantitative estimate of drug-likeness (QED) is 0.280. The van der Waals surface area contributed by atoms with Gasteiger partial charge >= 0.3 is 11.6 Å². The third kappa shape index (κ3) is 3.04. The molecule has 0 saturated heterocycles. The van der Waals surface area contributed by atoms with Crippen LogP contribution in [0.5, 0.6) is 5.75 Å². The molecule has 0 radical (unpaired) electrons. The van der Waals surface area contributed by atoms with Gasteiger partial charge in [-0.05, 0) is 65.9 Å². The molecular weight excluding hydrogens is 395 g/mol. The van der Waals surface area contributed by atoms with Gasteiger partial charge in [-0.25, -0.2) is 9.59 Å². The Kier molecular flexibility index (Phi) is 3.98. The van der Waals surface area contributed by atoms with Crippen LogP contribution in [0.4, 0.5) is 0 Å². The van der Waals surface area contributed by atoms with Crippen LogP contribution < -0.4 is 10.4 Å². The molecule has 2 aromatic carbocycles. The van der Waals surface area contributed by atoms with Crippen LogP contribution in [-0.4, -0.2) is 5.97 Å². The van der Waals surface area contributed by atoms with Crippen molar-refractivity contribution in [2.45, 2.75) is 6.92 Å². The van der Waals surface area contributed by atoms with Gasteiger partial charge in [-0.2, -0.15) is 0 Å². The Labute approximate surface area is 139 Å². The summed E-state index contributed by atoms with van der Waals surface area (Å²) in [6, 6.07) is 13.9. The number of hydrogen-bond acceptors (Lipinski definition) is 4. The van der Waals surface area contributed by atoms with E-state index in [0.29, 0.717) is 16.7 Å². The molecule has 0 N–H and O–H groups in total. The second kappa shape index (κ2) is 5.92. The summed E-state index contributed by atoms with van der Waals surface area (Å²) in [6.07, 6.45) is 0. The second-order valence-corrected chi connectivity index (χ2v) is 6.08. The number of ether oxygens (including phenoxy) is 1. The van der Waals surface area contributed by atoms with Gasteiger partial charge in [0.1, 0.15) is 16.9 Å². The van der Waals surface area contributed by atoms with Crippen LogP contribution in [0, 0.1) is 10.5 Å². The predicted octanol–water partition coefficient (Wildman–Crippen LogP) is 3.93. The highest BCUT2D eigenvalue weighted by Crippen LogP contribution is 2.18. The summed E-state index contributed by atoms with van der Waals surface area (Å²) in [6.45, 7) is 1.93. The fraction of sp³-hybridized carbons (Fsp3) is 0.0588. The highest BCUT2D eigenvalue weighted by molar-refractivity contribution is 14.1. The first-order valence-electron chi connectivity index (χ1n) is 6.55. The van der Waals surface area contributed by atoms with Gasteiger partial charge in [-0.15, -0.1) is 0 Å². The molecule has 3 rings (SSSR count). The second-order valence-electron chi connectivity index (χ2n) is 4.84. The van der Waals surface area contributed by atoms with Gasteiger partial charge in [0, 0.05) is 8.96 Å². The summed E-state index contributed by atoms with van der Waals surface area (Å²) < 4.78 is 11.3. The van der Waals surface area contributed by atoms with Crippen molar-refractivity contribution in [3.63, 3.8) is 0 Å². The maximum atomic E-state index is 12.2. The van der Waals surface area contributed by atoms with E-state index in [9.17, 15) is 9.59 Å². The van der Waals surface area contributed by atoms with Gasteiger partial charge in [0.15, 0.2) is 0 Å². The van der Waals surface area contributed by atoms with Crippen LogP contribution in [0.15, 0.2) is 57.7 Å². The van der Waals surface area contributed by atoms with Crippen LogP contribution in [0.3, 0.4) is 0 Å². The Hall–Kier alpha value is -2.15. The summed E-state index contributed by atoms with van der Waals surface area (Å²) in [4.78, 5) is 24.1. The number of fused-ring (bicyclic) bond motifs is 1. The fourth-order valence-electron chi connectivity index (χ4n) is 2.08. The molecule has 0 saturated carbocycles. The smallest absolute Gasteiger partial charge is 0.351 e. The maximum Gasteiger partial charge on any atom is 0.351 e. The third-order valence-corrected chi connectivity index (χ3v) is 3.79. The Bertz CT molecular complexity index is 927. The zero-order chi connectivity index (χ0) is 15.7. The van der Waals surface area contributed by atoms with Crippen LogP contribution in [-0.2, 0) is 0 Å². The summed E-state index contributed by atoms with van der Waals surface area (Å²) in [5.74, 6) is -0.334. The molecule has 1 heterocycles. The van der Waals surface area contributed by atoms with Crippen molar-refractivity contribution in [2.24, 2.45) is 0 Å². The maximum absolute atomic E-state index is 12.2. The minimum absolute atomic E-state index is 0.114. The van der Waals surface area contributed by atoms with E-state index in [-0.39, 0.29) is 5.56 Å². The van der Waals surface area contributed by atoms with E-state index >= 15 is 0 Å². The van der Waals surface area contributed by atoms with Crippen molar-refractivity contribution in [1.29, 1.82) is 0 Å². The highest BCUT2D eigenvalue weighted by atomic mass is 127. The van der Waals surface area contributed by atoms with Crippen LogP contribution in [0.2, 0.25) is 0 Å². The Morgan fingerprint density at radius 1 is 1.14 bits per heavy atom. The van der Waals surface area contributed by atoms with Crippen LogP contribution in [0.1, 0.15) is 15.9 Å². The molecule has 22 heavy (non-hydrogen) atoms. The molecule has 0 aliphatic heterocycles. The van der Waals surface area contributed by atoms with E-state index in [4.69, 9.17) is 9.15 Å². The number of carbonyl (C=O) groups excluding carboxylic acids is 1. The van der Waals surface area contributed by atoms with Crippen molar-refractivity contribution in [1.82, 2.24) is 0 Å². The number of halogens is 1. The lowest BCUT2D eigenvalue weighted by molar-refractivity contribution is 0.0730. The number of hydrogen-bond donors (Lipinski definition) is 0. The van der Waals surface area contributed by atoms with Crippen molar-refractivity contribution in [2.75, 3.05) is 0 Å². The fourth-order valence-corrected chi connectivity index (χ4v) is 2.59. The largest absolute Gasteiger partial charge is 0.423 e. The minimum atomic E-state index is -0.723. The van der Waals surface area contributed by atoms with Gasteiger partial charge in [0.25, 0.3) is 0 Å².